The van der Waals surface area contributed by atoms with Gasteiger partial charge in [-0.3, -0.25) is 9.59 Å². The molecule has 5 nitrogen and oxygen atoms in total. The van der Waals surface area contributed by atoms with Crippen LogP contribution in [0.1, 0.15) is 31.9 Å². The molecule has 0 aliphatic rings. The molecule has 0 fully saturated rings. The topological polar surface area (TPSA) is 69.6 Å². The molecule has 2 N–H and O–H groups in total. The van der Waals surface area contributed by atoms with Crippen LogP contribution in [-0.2, 0) is 9.59 Å². The molecule has 1 unspecified atom stereocenters. The van der Waals surface area contributed by atoms with Crippen molar-refractivity contribution in [2.45, 2.75) is 31.9 Å². The van der Waals surface area contributed by atoms with E-state index in [1.54, 1.807) is 52.2 Å². The molecule has 0 saturated carbocycles. The summed E-state index contributed by atoms with van der Waals surface area (Å²) < 4.78 is 0. The first kappa shape index (κ1) is 17.5. The van der Waals surface area contributed by atoms with Crippen LogP contribution >= 0.6 is 11.6 Å². The number of halogens is 1. The number of hydrogen-bond donors (Lipinski definition) is 2. The fraction of sp³-hybridized carbons (Fsp3) is 0.467. The molecule has 0 aromatic heterocycles. The fourth-order valence-corrected chi connectivity index (χ4v) is 2.12. The van der Waals surface area contributed by atoms with Crippen molar-refractivity contribution >= 4 is 23.4 Å². The molecule has 0 aliphatic heterocycles. The summed E-state index contributed by atoms with van der Waals surface area (Å²) in [5, 5.41) is 13.2. The molecule has 1 aromatic carbocycles. The van der Waals surface area contributed by atoms with Crippen LogP contribution in [0.5, 0.6) is 0 Å². The molecule has 0 aliphatic carbocycles. The maximum absolute atomic E-state index is 12.0. The first-order valence-electron chi connectivity index (χ1n) is 6.60. The zero-order chi connectivity index (χ0) is 16.2. The van der Waals surface area contributed by atoms with Gasteiger partial charge in [-0.15, -0.1) is 0 Å². The molecule has 1 rings (SSSR count). The minimum Gasteiger partial charge on any atom is -0.388 e. The van der Waals surface area contributed by atoms with Gasteiger partial charge >= 0.3 is 0 Å². The normalized spacial score (nSPS) is 12.7. The maximum atomic E-state index is 12.0. The highest BCUT2D eigenvalue weighted by Gasteiger charge is 2.31. The average molecular weight is 313 g/mol. The van der Waals surface area contributed by atoms with Crippen molar-refractivity contribution in [1.29, 1.82) is 0 Å². The largest absolute Gasteiger partial charge is 0.388 e. The third kappa shape index (κ3) is 5.02. The molecule has 0 spiro atoms. The van der Waals surface area contributed by atoms with Crippen LogP contribution in [0.4, 0.5) is 0 Å². The van der Waals surface area contributed by atoms with Crippen molar-refractivity contribution in [1.82, 2.24) is 10.2 Å². The highest BCUT2D eigenvalue weighted by atomic mass is 35.5. The summed E-state index contributed by atoms with van der Waals surface area (Å²) in [5.41, 5.74) is -0.411. The third-order valence-corrected chi connectivity index (χ3v) is 3.28. The van der Waals surface area contributed by atoms with Crippen LogP contribution < -0.4 is 5.32 Å². The molecule has 0 radical (unpaired) electrons. The number of rotatable bonds is 5. The van der Waals surface area contributed by atoms with Gasteiger partial charge < -0.3 is 15.3 Å². The molecule has 1 atom stereocenters. The molecule has 2 amide bonds. The lowest BCUT2D eigenvalue weighted by molar-refractivity contribution is -0.138. The van der Waals surface area contributed by atoms with E-state index in [1.807, 2.05) is 0 Å². The quantitative estimate of drug-likeness (QED) is 0.870. The van der Waals surface area contributed by atoms with Gasteiger partial charge in [0, 0.05) is 19.1 Å². The Morgan fingerprint density at radius 3 is 2.29 bits per heavy atom. The summed E-state index contributed by atoms with van der Waals surface area (Å²) >= 11 is 5.77. The summed E-state index contributed by atoms with van der Waals surface area (Å²) in [4.78, 5) is 25.3. The Morgan fingerprint density at radius 2 is 1.81 bits per heavy atom. The van der Waals surface area contributed by atoms with Gasteiger partial charge in [0.25, 0.3) is 0 Å². The number of carbonyl (C=O) groups is 2. The van der Waals surface area contributed by atoms with Crippen molar-refractivity contribution in [3.8, 4) is 0 Å². The summed E-state index contributed by atoms with van der Waals surface area (Å²) in [5.74, 6) is -0.602. The van der Waals surface area contributed by atoms with E-state index >= 15 is 0 Å². The van der Waals surface area contributed by atoms with Gasteiger partial charge in [0.1, 0.15) is 5.54 Å². The minimum atomic E-state index is -1.01. The zero-order valence-corrected chi connectivity index (χ0v) is 13.4. The van der Waals surface area contributed by atoms with E-state index in [4.69, 9.17) is 11.6 Å². The van der Waals surface area contributed by atoms with E-state index in [0.717, 1.165) is 0 Å². The monoisotopic (exact) mass is 312 g/mol. The Kier molecular flexibility index (Phi) is 5.75. The molecule has 6 heteroatoms. The second kappa shape index (κ2) is 6.91. The number of likely N-dealkylation sites (N-methyl/N-ethyl adjacent to an activating group) is 1. The summed E-state index contributed by atoms with van der Waals surface area (Å²) in [6, 6.07) is 6.63. The Labute approximate surface area is 129 Å². The first-order chi connectivity index (χ1) is 9.63. The van der Waals surface area contributed by atoms with E-state index in [1.165, 1.54) is 4.90 Å². The van der Waals surface area contributed by atoms with E-state index in [9.17, 15) is 14.7 Å². The van der Waals surface area contributed by atoms with Crippen molar-refractivity contribution < 1.29 is 14.7 Å². The highest BCUT2D eigenvalue weighted by molar-refractivity contribution is 6.30. The van der Waals surface area contributed by atoms with Crippen molar-refractivity contribution in [2.75, 3.05) is 14.1 Å². The first-order valence-corrected chi connectivity index (χ1v) is 6.97. The number of amides is 2. The van der Waals surface area contributed by atoms with E-state index in [0.29, 0.717) is 10.6 Å². The van der Waals surface area contributed by atoms with Crippen LogP contribution in [0.3, 0.4) is 0 Å². The van der Waals surface area contributed by atoms with Gasteiger partial charge in [0.15, 0.2) is 0 Å². The maximum Gasteiger partial charge on any atom is 0.247 e. The lowest BCUT2D eigenvalue weighted by Crippen LogP contribution is -2.54. The Hall–Kier alpha value is -1.59. The molecule has 1 aromatic rings. The highest BCUT2D eigenvalue weighted by Crippen LogP contribution is 2.19. The molecular weight excluding hydrogens is 292 g/mol. The number of hydrogen-bond acceptors (Lipinski definition) is 3. The Morgan fingerprint density at radius 1 is 1.29 bits per heavy atom. The van der Waals surface area contributed by atoms with Crippen LogP contribution in [0, 0.1) is 0 Å². The molecule has 21 heavy (non-hydrogen) atoms. The summed E-state index contributed by atoms with van der Waals surface area (Å²) in [6.07, 6.45) is -1.06. The second-order valence-corrected chi connectivity index (χ2v) is 6.08. The predicted octanol–water partition coefficient (Wildman–Crippen LogP) is 1.75. The number of nitrogens with zero attached hydrogens (tertiary/aromatic N) is 1. The van der Waals surface area contributed by atoms with Crippen LogP contribution in [0.15, 0.2) is 24.3 Å². The summed E-state index contributed by atoms with van der Waals surface area (Å²) in [7, 11) is 3.25. The molecule has 0 bridgehead atoms. The Balaban J connectivity index is 2.65. The van der Waals surface area contributed by atoms with Gasteiger partial charge in [-0.2, -0.15) is 0 Å². The fourth-order valence-electron chi connectivity index (χ4n) is 1.99. The minimum absolute atomic E-state index is 0.119. The molecule has 116 valence electrons. The SMILES string of the molecule is CN(C)C(=O)C(C)(C)NC(=O)CC(O)c1ccc(Cl)cc1. The smallest absolute Gasteiger partial charge is 0.247 e. The van der Waals surface area contributed by atoms with Gasteiger partial charge in [-0.25, -0.2) is 0 Å². The standard InChI is InChI=1S/C15H21ClN2O3/c1-15(2,14(21)18(3)4)17-13(20)9-12(19)10-5-7-11(16)8-6-10/h5-8,12,19H,9H2,1-4H3,(H,17,20). The molecule has 0 heterocycles. The van der Waals surface area contributed by atoms with Crippen LogP contribution in [0.25, 0.3) is 0 Å². The summed E-state index contributed by atoms with van der Waals surface area (Å²) in [6.45, 7) is 3.25. The lowest BCUT2D eigenvalue weighted by atomic mass is 10.0. The van der Waals surface area contributed by atoms with Gasteiger partial charge in [0.05, 0.1) is 12.5 Å². The molecule has 0 saturated heterocycles. The zero-order valence-electron chi connectivity index (χ0n) is 12.7. The molecular formula is C15H21ClN2O3. The average Bonchev–Trinajstić information content (AvgIpc) is 2.37. The number of carbonyl (C=O) groups excluding carboxylic acids is 2. The van der Waals surface area contributed by atoms with Gasteiger partial charge in [-0.1, -0.05) is 23.7 Å². The van der Waals surface area contributed by atoms with Crippen LogP contribution in [0.2, 0.25) is 5.02 Å². The van der Waals surface area contributed by atoms with Gasteiger partial charge in [-0.05, 0) is 31.5 Å². The predicted molar refractivity (Wildman–Crippen MR) is 81.9 cm³/mol. The van der Waals surface area contributed by atoms with Crippen molar-refractivity contribution in [3.05, 3.63) is 34.9 Å². The van der Waals surface area contributed by atoms with E-state index in [-0.39, 0.29) is 12.3 Å². The number of nitrogens with one attached hydrogen (secondary N) is 1. The van der Waals surface area contributed by atoms with E-state index < -0.39 is 17.6 Å². The van der Waals surface area contributed by atoms with Crippen molar-refractivity contribution in [2.24, 2.45) is 0 Å². The number of benzene rings is 1. The van der Waals surface area contributed by atoms with Crippen molar-refractivity contribution in [3.63, 3.8) is 0 Å². The lowest BCUT2D eigenvalue weighted by Gasteiger charge is -2.28. The Bertz CT molecular complexity index is 512. The number of aliphatic hydroxyl groups is 1. The van der Waals surface area contributed by atoms with E-state index in [2.05, 4.69) is 5.32 Å². The number of aliphatic hydroxyl groups excluding tert-OH is 1. The van der Waals surface area contributed by atoms with Crippen LogP contribution in [-0.4, -0.2) is 41.5 Å². The van der Waals surface area contributed by atoms with Gasteiger partial charge in [0.2, 0.25) is 11.8 Å². The third-order valence-electron chi connectivity index (χ3n) is 3.03. The second-order valence-electron chi connectivity index (χ2n) is 5.64.